The standard InChI is InChI=1S/C6H7NO3/c8-6(3-9-4-6)5-1-2-7-10-5/h1-2,8H,3-4H2. The summed E-state index contributed by atoms with van der Waals surface area (Å²) in [5.41, 5.74) is -0.906. The van der Waals surface area contributed by atoms with Crippen LogP contribution in [0, 0.1) is 0 Å². The highest BCUT2D eigenvalue weighted by molar-refractivity contribution is 5.09. The van der Waals surface area contributed by atoms with E-state index >= 15 is 0 Å². The number of aromatic nitrogens is 1. The van der Waals surface area contributed by atoms with Gasteiger partial charge in [-0.2, -0.15) is 0 Å². The molecule has 1 aliphatic rings. The Kier molecular flexibility index (Phi) is 1.06. The van der Waals surface area contributed by atoms with Gasteiger partial charge in [-0.1, -0.05) is 5.16 Å². The molecule has 0 aromatic carbocycles. The fourth-order valence-electron chi connectivity index (χ4n) is 0.894. The van der Waals surface area contributed by atoms with Gasteiger partial charge >= 0.3 is 0 Å². The van der Waals surface area contributed by atoms with Gasteiger partial charge in [-0.3, -0.25) is 0 Å². The summed E-state index contributed by atoms with van der Waals surface area (Å²) >= 11 is 0. The normalized spacial score (nSPS) is 22.1. The minimum absolute atomic E-state index is 0.308. The fourth-order valence-corrected chi connectivity index (χ4v) is 0.894. The number of ether oxygens (including phenoxy) is 1. The average Bonchev–Trinajstić information content (AvgIpc) is 2.33. The van der Waals surface area contributed by atoms with Gasteiger partial charge in [-0.05, 0) is 0 Å². The largest absolute Gasteiger partial charge is 0.377 e. The van der Waals surface area contributed by atoms with Crippen molar-refractivity contribution in [2.24, 2.45) is 0 Å². The van der Waals surface area contributed by atoms with Gasteiger partial charge in [0.05, 0.1) is 19.4 Å². The highest BCUT2D eigenvalue weighted by Crippen LogP contribution is 2.28. The Hall–Kier alpha value is -0.870. The Morgan fingerprint density at radius 3 is 2.80 bits per heavy atom. The fraction of sp³-hybridized carbons (Fsp3) is 0.500. The molecule has 0 radical (unpaired) electrons. The molecule has 0 aliphatic carbocycles. The van der Waals surface area contributed by atoms with Gasteiger partial charge in [0.25, 0.3) is 0 Å². The van der Waals surface area contributed by atoms with Crippen LogP contribution < -0.4 is 0 Å². The number of hydrogen-bond donors (Lipinski definition) is 1. The van der Waals surface area contributed by atoms with E-state index in [0.717, 1.165) is 0 Å². The molecule has 4 nitrogen and oxygen atoms in total. The van der Waals surface area contributed by atoms with Crippen LogP contribution in [-0.4, -0.2) is 23.5 Å². The summed E-state index contributed by atoms with van der Waals surface area (Å²) in [6, 6.07) is 1.64. The van der Waals surface area contributed by atoms with Crippen molar-refractivity contribution in [3.8, 4) is 0 Å². The molecular formula is C6H7NO3. The van der Waals surface area contributed by atoms with Crippen molar-refractivity contribution in [3.63, 3.8) is 0 Å². The first-order valence-corrected chi connectivity index (χ1v) is 3.02. The molecule has 0 atom stereocenters. The van der Waals surface area contributed by atoms with Crippen molar-refractivity contribution >= 4 is 0 Å². The van der Waals surface area contributed by atoms with E-state index in [1.54, 1.807) is 6.07 Å². The molecule has 0 amide bonds. The van der Waals surface area contributed by atoms with Crippen LogP contribution in [0.4, 0.5) is 0 Å². The van der Waals surface area contributed by atoms with Crippen molar-refractivity contribution in [1.29, 1.82) is 0 Å². The minimum atomic E-state index is -0.906. The molecule has 10 heavy (non-hydrogen) atoms. The van der Waals surface area contributed by atoms with Crippen LogP contribution in [0.2, 0.25) is 0 Å². The zero-order valence-corrected chi connectivity index (χ0v) is 5.28. The molecule has 1 N–H and O–H groups in total. The van der Waals surface area contributed by atoms with Crippen molar-refractivity contribution < 1.29 is 14.4 Å². The van der Waals surface area contributed by atoms with Crippen LogP contribution in [-0.2, 0) is 10.3 Å². The third-order valence-electron chi connectivity index (χ3n) is 1.58. The molecule has 0 spiro atoms. The smallest absolute Gasteiger partial charge is 0.173 e. The summed E-state index contributed by atoms with van der Waals surface area (Å²) < 4.78 is 9.58. The lowest BCUT2D eigenvalue weighted by molar-refractivity contribution is -0.195. The zero-order chi connectivity index (χ0) is 7.03. The number of aliphatic hydroxyl groups is 1. The SMILES string of the molecule is OC1(c2ccno2)COC1. The third kappa shape index (κ3) is 0.661. The Balaban J connectivity index is 2.27. The van der Waals surface area contributed by atoms with Crippen LogP contribution in [0.5, 0.6) is 0 Å². The lowest BCUT2D eigenvalue weighted by atomic mass is 10.00. The van der Waals surface area contributed by atoms with E-state index in [2.05, 4.69) is 5.16 Å². The van der Waals surface area contributed by atoms with Crippen LogP contribution in [0.1, 0.15) is 5.76 Å². The van der Waals surface area contributed by atoms with Crippen LogP contribution in [0.25, 0.3) is 0 Å². The summed E-state index contributed by atoms with van der Waals surface area (Å²) in [6.07, 6.45) is 1.51. The molecule has 1 aromatic heterocycles. The first kappa shape index (κ1) is 5.88. The maximum atomic E-state index is 9.51. The van der Waals surface area contributed by atoms with Gasteiger partial charge in [0.1, 0.15) is 0 Å². The van der Waals surface area contributed by atoms with Crippen LogP contribution in [0.15, 0.2) is 16.8 Å². The molecule has 0 unspecified atom stereocenters. The van der Waals surface area contributed by atoms with E-state index < -0.39 is 5.60 Å². The van der Waals surface area contributed by atoms with Gasteiger partial charge in [0, 0.05) is 6.07 Å². The maximum absolute atomic E-state index is 9.51. The average molecular weight is 141 g/mol. The van der Waals surface area contributed by atoms with E-state index in [-0.39, 0.29) is 0 Å². The van der Waals surface area contributed by atoms with Gasteiger partial charge in [-0.15, -0.1) is 0 Å². The van der Waals surface area contributed by atoms with Gasteiger partial charge in [0.15, 0.2) is 11.4 Å². The molecule has 2 heterocycles. The molecular weight excluding hydrogens is 134 g/mol. The monoisotopic (exact) mass is 141 g/mol. The minimum Gasteiger partial charge on any atom is -0.377 e. The number of rotatable bonds is 1. The van der Waals surface area contributed by atoms with Crippen LogP contribution in [0.3, 0.4) is 0 Å². The molecule has 1 saturated heterocycles. The third-order valence-corrected chi connectivity index (χ3v) is 1.58. The van der Waals surface area contributed by atoms with Crippen molar-refractivity contribution in [2.45, 2.75) is 5.60 Å². The van der Waals surface area contributed by atoms with Gasteiger partial charge < -0.3 is 14.4 Å². The molecule has 0 bridgehead atoms. The summed E-state index contributed by atoms with van der Waals surface area (Å²) in [7, 11) is 0. The molecule has 2 rings (SSSR count). The van der Waals surface area contributed by atoms with Gasteiger partial charge in [0.2, 0.25) is 0 Å². The summed E-state index contributed by atoms with van der Waals surface area (Å²) in [6.45, 7) is 0.615. The second kappa shape index (κ2) is 1.81. The summed E-state index contributed by atoms with van der Waals surface area (Å²) in [5, 5.41) is 13.0. The first-order valence-electron chi connectivity index (χ1n) is 3.02. The Labute approximate surface area is 57.4 Å². The quantitative estimate of drug-likeness (QED) is 0.593. The predicted molar refractivity (Wildman–Crippen MR) is 31.2 cm³/mol. The van der Waals surface area contributed by atoms with Crippen molar-refractivity contribution in [1.82, 2.24) is 5.16 Å². The van der Waals surface area contributed by atoms with E-state index in [1.807, 2.05) is 0 Å². The number of hydrogen-bond acceptors (Lipinski definition) is 4. The molecule has 1 aromatic rings. The first-order chi connectivity index (χ1) is 4.81. The topological polar surface area (TPSA) is 55.5 Å². The van der Waals surface area contributed by atoms with Crippen molar-refractivity contribution in [3.05, 3.63) is 18.0 Å². The van der Waals surface area contributed by atoms with Gasteiger partial charge in [-0.25, -0.2) is 0 Å². The zero-order valence-electron chi connectivity index (χ0n) is 5.28. The lowest BCUT2D eigenvalue weighted by Crippen LogP contribution is -2.46. The molecule has 1 aliphatic heterocycles. The van der Waals surface area contributed by atoms with Crippen molar-refractivity contribution in [2.75, 3.05) is 13.2 Å². The second-order valence-corrected chi connectivity index (χ2v) is 2.40. The van der Waals surface area contributed by atoms with E-state index in [9.17, 15) is 5.11 Å². The Morgan fingerprint density at radius 1 is 1.60 bits per heavy atom. The van der Waals surface area contributed by atoms with Crippen LogP contribution >= 0.6 is 0 Å². The number of nitrogens with zero attached hydrogens (tertiary/aromatic N) is 1. The molecule has 4 heteroatoms. The molecule has 0 saturated carbocycles. The van der Waals surface area contributed by atoms with E-state index in [4.69, 9.17) is 9.26 Å². The molecule has 1 fully saturated rings. The Bertz CT molecular complexity index is 215. The summed E-state index contributed by atoms with van der Waals surface area (Å²) in [5.74, 6) is 0.485. The lowest BCUT2D eigenvalue weighted by Gasteiger charge is -2.33. The van der Waals surface area contributed by atoms with E-state index in [1.165, 1.54) is 6.20 Å². The Morgan fingerprint density at radius 2 is 2.40 bits per heavy atom. The predicted octanol–water partition coefficient (Wildman–Crippen LogP) is -0.108. The summed E-state index contributed by atoms with van der Waals surface area (Å²) in [4.78, 5) is 0. The maximum Gasteiger partial charge on any atom is 0.173 e. The highest BCUT2D eigenvalue weighted by atomic mass is 16.6. The van der Waals surface area contributed by atoms with E-state index in [0.29, 0.717) is 19.0 Å². The molecule has 54 valence electrons. The highest BCUT2D eigenvalue weighted by Gasteiger charge is 2.41. The second-order valence-electron chi connectivity index (χ2n) is 2.40.